The number of halogens is 2. The average Bonchev–Trinajstić information content (AvgIpc) is 3.21. The van der Waals surface area contributed by atoms with Crippen LogP contribution in [0.15, 0.2) is 18.2 Å². The molecule has 0 spiro atoms. The zero-order valence-electron chi connectivity index (χ0n) is 11.1. The number of carbonyl (C=O) groups excluding carboxylic acids is 1. The molecule has 0 bridgehead atoms. The average molecular weight is 316 g/mol. The normalized spacial score (nSPS) is 15.3. The van der Waals surface area contributed by atoms with Crippen molar-refractivity contribution in [3.63, 3.8) is 0 Å². The van der Waals surface area contributed by atoms with Gasteiger partial charge in [0.05, 0.1) is 5.02 Å². The molecule has 114 valence electrons. The van der Waals surface area contributed by atoms with E-state index < -0.39 is 23.7 Å². The van der Waals surface area contributed by atoms with E-state index >= 15 is 0 Å². The first-order valence-corrected chi connectivity index (χ1v) is 6.93. The maximum atomic E-state index is 12.9. The van der Waals surface area contributed by atoms with Gasteiger partial charge in [-0.05, 0) is 30.5 Å². The second-order valence-corrected chi connectivity index (χ2v) is 5.41. The van der Waals surface area contributed by atoms with Crippen LogP contribution in [0.3, 0.4) is 0 Å². The molecule has 1 aromatic carbocycles. The number of aliphatic carboxylic acids is 1. The minimum absolute atomic E-state index is 0.0514. The Balaban J connectivity index is 1.84. The molecular weight excluding hydrogens is 301 g/mol. The van der Waals surface area contributed by atoms with Crippen molar-refractivity contribution >= 4 is 23.5 Å². The number of rotatable bonds is 7. The zero-order valence-corrected chi connectivity index (χ0v) is 11.9. The molecule has 1 atom stereocenters. The molecule has 21 heavy (non-hydrogen) atoms. The third-order valence-electron chi connectivity index (χ3n) is 3.15. The number of carbonyl (C=O) groups is 2. The van der Waals surface area contributed by atoms with Gasteiger partial charge in [-0.3, -0.25) is 4.79 Å². The van der Waals surface area contributed by atoms with Gasteiger partial charge in [0, 0.05) is 0 Å². The summed E-state index contributed by atoms with van der Waals surface area (Å²) in [6.07, 6.45) is 2.43. The van der Waals surface area contributed by atoms with Crippen molar-refractivity contribution in [2.75, 3.05) is 6.61 Å². The lowest BCUT2D eigenvalue weighted by Crippen LogP contribution is -2.43. The lowest BCUT2D eigenvalue weighted by Gasteiger charge is -2.14. The molecule has 0 radical (unpaired) electrons. The monoisotopic (exact) mass is 315 g/mol. The maximum absolute atomic E-state index is 12.9. The predicted octanol–water partition coefficient (Wildman–Crippen LogP) is 2.23. The number of carboxylic acid groups (broad SMARTS) is 1. The van der Waals surface area contributed by atoms with Crippen molar-refractivity contribution in [2.45, 2.75) is 25.3 Å². The van der Waals surface area contributed by atoms with E-state index in [4.69, 9.17) is 21.4 Å². The number of ether oxygens (including phenoxy) is 1. The summed E-state index contributed by atoms with van der Waals surface area (Å²) in [5.74, 6) is -1.58. The first-order chi connectivity index (χ1) is 9.95. The van der Waals surface area contributed by atoms with Crippen LogP contribution in [0.2, 0.25) is 5.02 Å². The Morgan fingerprint density at radius 1 is 1.48 bits per heavy atom. The first kappa shape index (κ1) is 15.6. The van der Waals surface area contributed by atoms with Gasteiger partial charge in [-0.1, -0.05) is 24.4 Å². The van der Waals surface area contributed by atoms with E-state index in [-0.39, 0.29) is 17.4 Å². The quantitative estimate of drug-likeness (QED) is 0.809. The van der Waals surface area contributed by atoms with Gasteiger partial charge in [-0.25, -0.2) is 9.18 Å². The summed E-state index contributed by atoms with van der Waals surface area (Å²) in [6, 6.07) is 2.63. The third kappa shape index (κ3) is 4.90. The third-order valence-corrected chi connectivity index (χ3v) is 3.45. The van der Waals surface area contributed by atoms with Crippen LogP contribution in [0.25, 0.3) is 0 Å². The molecule has 0 aromatic heterocycles. The van der Waals surface area contributed by atoms with Gasteiger partial charge < -0.3 is 15.2 Å². The van der Waals surface area contributed by atoms with Gasteiger partial charge in [-0.2, -0.15) is 0 Å². The van der Waals surface area contributed by atoms with E-state index in [1.54, 1.807) is 0 Å². The highest BCUT2D eigenvalue weighted by molar-refractivity contribution is 6.32. The van der Waals surface area contributed by atoms with Crippen LogP contribution in [0.4, 0.5) is 4.39 Å². The van der Waals surface area contributed by atoms with Gasteiger partial charge in [0.25, 0.3) is 5.91 Å². The highest BCUT2D eigenvalue weighted by Crippen LogP contribution is 2.33. The minimum atomic E-state index is -1.06. The second kappa shape index (κ2) is 6.76. The number of hydrogen-bond donors (Lipinski definition) is 2. The fraction of sp³-hybridized carbons (Fsp3) is 0.429. The number of hydrogen-bond acceptors (Lipinski definition) is 3. The standard InChI is InChI=1S/C14H15ClFNO4/c15-10-6-9(16)3-4-12(10)21-7-13(18)17-11(14(19)20)5-8-1-2-8/h3-4,6,8,11H,1-2,5,7H2,(H,17,18)(H,19,20). The smallest absolute Gasteiger partial charge is 0.326 e. The molecule has 7 heteroatoms. The highest BCUT2D eigenvalue weighted by atomic mass is 35.5. The van der Waals surface area contributed by atoms with Crippen molar-refractivity contribution in [3.8, 4) is 5.75 Å². The summed E-state index contributed by atoms with van der Waals surface area (Å²) in [7, 11) is 0. The Hall–Kier alpha value is -1.82. The topological polar surface area (TPSA) is 75.6 Å². The van der Waals surface area contributed by atoms with E-state index in [1.165, 1.54) is 6.07 Å². The molecule has 2 rings (SSSR count). The molecule has 1 fully saturated rings. The molecule has 0 aliphatic heterocycles. The van der Waals surface area contributed by atoms with Crippen molar-refractivity contribution in [1.82, 2.24) is 5.32 Å². The lowest BCUT2D eigenvalue weighted by atomic mass is 10.1. The van der Waals surface area contributed by atoms with Gasteiger partial charge >= 0.3 is 5.97 Å². The van der Waals surface area contributed by atoms with E-state index in [0.717, 1.165) is 25.0 Å². The molecule has 1 amide bonds. The maximum Gasteiger partial charge on any atom is 0.326 e. The largest absolute Gasteiger partial charge is 0.482 e. The molecule has 0 saturated heterocycles. The van der Waals surface area contributed by atoms with E-state index in [1.807, 2.05) is 0 Å². The van der Waals surface area contributed by atoms with Crippen LogP contribution in [0, 0.1) is 11.7 Å². The summed E-state index contributed by atoms with van der Waals surface area (Å²) in [6.45, 7) is -0.375. The summed E-state index contributed by atoms with van der Waals surface area (Å²) >= 11 is 5.76. The summed E-state index contributed by atoms with van der Waals surface area (Å²) < 4.78 is 18.0. The van der Waals surface area contributed by atoms with Crippen LogP contribution in [-0.2, 0) is 9.59 Å². The Labute approximate surface area is 126 Å². The number of benzene rings is 1. The Morgan fingerprint density at radius 3 is 2.76 bits per heavy atom. The molecule has 1 aromatic rings. The van der Waals surface area contributed by atoms with E-state index in [2.05, 4.69) is 5.32 Å². The van der Waals surface area contributed by atoms with Crippen LogP contribution < -0.4 is 10.1 Å². The SMILES string of the molecule is O=C(COc1ccc(F)cc1Cl)NC(CC1CC1)C(=O)O. The highest BCUT2D eigenvalue weighted by Gasteiger charge is 2.30. The first-order valence-electron chi connectivity index (χ1n) is 6.55. The fourth-order valence-corrected chi connectivity index (χ4v) is 2.10. The van der Waals surface area contributed by atoms with Crippen LogP contribution >= 0.6 is 11.6 Å². The lowest BCUT2D eigenvalue weighted by molar-refractivity contribution is -0.142. The van der Waals surface area contributed by atoms with Crippen molar-refractivity contribution in [3.05, 3.63) is 29.0 Å². The van der Waals surface area contributed by atoms with Crippen molar-refractivity contribution < 1.29 is 23.8 Å². The Morgan fingerprint density at radius 2 is 2.19 bits per heavy atom. The summed E-state index contributed by atoms with van der Waals surface area (Å²) in [4.78, 5) is 22.7. The van der Waals surface area contributed by atoms with Gasteiger partial charge in [0.1, 0.15) is 17.6 Å². The van der Waals surface area contributed by atoms with Gasteiger partial charge in [0.15, 0.2) is 6.61 Å². The molecule has 1 unspecified atom stereocenters. The van der Waals surface area contributed by atoms with Crippen molar-refractivity contribution in [1.29, 1.82) is 0 Å². The van der Waals surface area contributed by atoms with Crippen molar-refractivity contribution in [2.24, 2.45) is 5.92 Å². The molecule has 2 N–H and O–H groups in total. The van der Waals surface area contributed by atoms with Crippen LogP contribution in [0.5, 0.6) is 5.75 Å². The fourth-order valence-electron chi connectivity index (χ4n) is 1.88. The van der Waals surface area contributed by atoms with Gasteiger partial charge in [-0.15, -0.1) is 0 Å². The van der Waals surface area contributed by atoms with Crippen LogP contribution in [0.1, 0.15) is 19.3 Å². The predicted molar refractivity (Wildman–Crippen MR) is 73.8 cm³/mol. The molecule has 1 saturated carbocycles. The van der Waals surface area contributed by atoms with E-state index in [9.17, 15) is 14.0 Å². The Kier molecular flexibility index (Phi) is 5.01. The Bertz CT molecular complexity index is 548. The molecule has 5 nitrogen and oxygen atoms in total. The summed E-state index contributed by atoms with van der Waals surface area (Å²) in [5, 5.41) is 11.5. The molecular formula is C14H15ClFNO4. The molecule has 1 aliphatic rings. The van der Waals surface area contributed by atoms with Gasteiger partial charge in [0.2, 0.25) is 0 Å². The number of amides is 1. The van der Waals surface area contributed by atoms with Crippen LogP contribution in [-0.4, -0.2) is 29.6 Å². The summed E-state index contributed by atoms with van der Waals surface area (Å²) in [5.41, 5.74) is 0. The minimum Gasteiger partial charge on any atom is -0.482 e. The number of nitrogens with one attached hydrogen (secondary N) is 1. The number of carboxylic acids is 1. The van der Waals surface area contributed by atoms with E-state index in [0.29, 0.717) is 12.3 Å². The second-order valence-electron chi connectivity index (χ2n) is 5.00. The zero-order chi connectivity index (χ0) is 15.4. The molecule has 1 aliphatic carbocycles. The molecule has 0 heterocycles.